The highest BCUT2D eigenvalue weighted by atomic mass is 16.3. The van der Waals surface area contributed by atoms with E-state index >= 15 is 0 Å². The van der Waals surface area contributed by atoms with Crippen molar-refractivity contribution < 1.29 is 14.7 Å². The van der Waals surface area contributed by atoms with Gasteiger partial charge in [-0.15, -0.1) is 0 Å². The van der Waals surface area contributed by atoms with E-state index in [4.69, 9.17) is 5.73 Å². The summed E-state index contributed by atoms with van der Waals surface area (Å²) in [7, 11) is 0. The molecule has 1 heterocycles. The molecule has 5 heteroatoms. The predicted molar refractivity (Wildman–Crippen MR) is 129 cm³/mol. The largest absolute Gasteiger partial charge is 0.392 e. The van der Waals surface area contributed by atoms with E-state index in [9.17, 15) is 14.7 Å². The van der Waals surface area contributed by atoms with Crippen molar-refractivity contribution >= 4 is 33.5 Å². The smallest absolute Gasteiger partial charge is 0.249 e. The predicted octanol–water partition coefficient (Wildman–Crippen LogP) is 4.67. The maximum Gasteiger partial charge on any atom is 0.249 e. The van der Waals surface area contributed by atoms with Crippen LogP contribution in [-0.2, 0) is 13.2 Å². The minimum Gasteiger partial charge on any atom is -0.392 e. The van der Waals surface area contributed by atoms with Crippen molar-refractivity contribution in [2.75, 3.05) is 0 Å². The summed E-state index contributed by atoms with van der Waals surface area (Å²) in [6.45, 7) is 0.328. The first kappa shape index (κ1) is 20.7. The number of aliphatic hydroxyl groups is 1. The highest BCUT2D eigenvalue weighted by molar-refractivity contribution is 6.18. The second-order valence-corrected chi connectivity index (χ2v) is 8.01. The summed E-state index contributed by atoms with van der Waals surface area (Å²) in [6, 6.07) is 27.9. The van der Waals surface area contributed by atoms with Crippen LogP contribution in [0.25, 0.3) is 21.8 Å². The van der Waals surface area contributed by atoms with Gasteiger partial charge >= 0.3 is 0 Å². The highest BCUT2D eigenvalue weighted by Gasteiger charge is 2.19. The SMILES string of the molecule is NC(=O)c1cccc2c1c1ccc(CO)cc1n2Cc1ccccc1C(=O)c1ccccc1. The molecule has 0 atom stereocenters. The Morgan fingerprint density at radius 2 is 1.52 bits per heavy atom. The van der Waals surface area contributed by atoms with Crippen LogP contribution in [0.3, 0.4) is 0 Å². The van der Waals surface area contributed by atoms with Crippen molar-refractivity contribution in [1.29, 1.82) is 0 Å². The standard InChI is InChI=1S/C28H22N2O3/c29-28(33)23-11-6-12-24-26(23)22-14-13-18(17-31)15-25(22)30(24)16-20-9-4-5-10-21(20)27(32)19-7-2-1-3-8-19/h1-15,31H,16-17H2,(H2,29,33). The Hall–Kier alpha value is -4.22. The molecule has 0 aliphatic carbocycles. The number of amides is 1. The zero-order valence-electron chi connectivity index (χ0n) is 17.9. The van der Waals surface area contributed by atoms with Crippen LogP contribution in [-0.4, -0.2) is 21.4 Å². The molecule has 0 unspecified atom stereocenters. The van der Waals surface area contributed by atoms with Crippen LogP contribution in [0.1, 0.15) is 37.4 Å². The zero-order chi connectivity index (χ0) is 22.9. The number of benzene rings is 4. The summed E-state index contributed by atoms with van der Waals surface area (Å²) in [6.07, 6.45) is 0. The molecule has 33 heavy (non-hydrogen) atoms. The van der Waals surface area contributed by atoms with Gasteiger partial charge in [-0.2, -0.15) is 0 Å². The summed E-state index contributed by atoms with van der Waals surface area (Å²) in [5.74, 6) is -0.536. The molecule has 0 aliphatic rings. The number of hydrogen-bond donors (Lipinski definition) is 2. The van der Waals surface area contributed by atoms with Gasteiger partial charge in [0.25, 0.3) is 0 Å². The van der Waals surface area contributed by atoms with E-state index in [1.807, 2.05) is 84.9 Å². The van der Waals surface area contributed by atoms with Crippen LogP contribution >= 0.6 is 0 Å². The van der Waals surface area contributed by atoms with Gasteiger partial charge in [0.1, 0.15) is 0 Å². The molecule has 4 aromatic carbocycles. The Kier molecular flexibility index (Phi) is 5.24. The molecular formula is C28H22N2O3. The number of ketones is 1. The Balaban J connectivity index is 1.73. The molecule has 0 aliphatic heterocycles. The number of aliphatic hydroxyl groups excluding tert-OH is 1. The third kappa shape index (κ3) is 3.58. The maximum absolute atomic E-state index is 13.3. The van der Waals surface area contributed by atoms with Crippen LogP contribution < -0.4 is 5.73 Å². The lowest BCUT2D eigenvalue weighted by atomic mass is 9.98. The van der Waals surface area contributed by atoms with Crippen LogP contribution in [0.15, 0.2) is 91.0 Å². The Morgan fingerprint density at radius 3 is 2.27 bits per heavy atom. The number of carbonyl (C=O) groups is 2. The molecule has 5 nitrogen and oxygen atoms in total. The van der Waals surface area contributed by atoms with E-state index < -0.39 is 5.91 Å². The van der Waals surface area contributed by atoms with Gasteiger partial charge in [-0.3, -0.25) is 9.59 Å². The quantitative estimate of drug-likeness (QED) is 0.381. The van der Waals surface area contributed by atoms with Crippen molar-refractivity contribution in [2.24, 2.45) is 5.73 Å². The molecular weight excluding hydrogens is 412 g/mol. The third-order valence-electron chi connectivity index (χ3n) is 6.03. The number of fused-ring (bicyclic) bond motifs is 3. The van der Waals surface area contributed by atoms with Gasteiger partial charge in [0, 0.05) is 39.5 Å². The molecule has 0 bridgehead atoms. The Morgan fingerprint density at radius 1 is 0.788 bits per heavy atom. The number of carbonyl (C=O) groups excluding carboxylic acids is 2. The van der Waals surface area contributed by atoms with Gasteiger partial charge in [0.15, 0.2) is 5.78 Å². The minimum atomic E-state index is -0.495. The molecule has 1 aromatic heterocycles. The van der Waals surface area contributed by atoms with E-state index in [2.05, 4.69) is 4.57 Å². The minimum absolute atomic E-state index is 0.0409. The van der Waals surface area contributed by atoms with Crippen LogP contribution in [0.4, 0.5) is 0 Å². The average molecular weight is 434 g/mol. The van der Waals surface area contributed by atoms with E-state index in [0.717, 1.165) is 32.9 Å². The molecule has 5 aromatic rings. The van der Waals surface area contributed by atoms with E-state index in [1.54, 1.807) is 6.07 Å². The summed E-state index contributed by atoms with van der Waals surface area (Å²) in [5.41, 5.74) is 10.7. The number of primary amides is 1. The second kappa shape index (κ2) is 8.37. The number of aromatic nitrogens is 1. The van der Waals surface area contributed by atoms with Crippen molar-refractivity contribution in [1.82, 2.24) is 4.57 Å². The van der Waals surface area contributed by atoms with E-state index in [0.29, 0.717) is 23.2 Å². The number of rotatable bonds is 6. The third-order valence-corrected chi connectivity index (χ3v) is 6.03. The fourth-order valence-electron chi connectivity index (χ4n) is 4.46. The molecule has 3 N–H and O–H groups in total. The van der Waals surface area contributed by atoms with Gasteiger partial charge in [-0.25, -0.2) is 0 Å². The molecule has 0 saturated carbocycles. The van der Waals surface area contributed by atoms with Gasteiger partial charge in [-0.1, -0.05) is 72.8 Å². The summed E-state index contributed by atoms with van der Waals surface area (Å²) < 4.78 is 2.08. The van der Waals surface area contributed by atoms with Crippen LogP contribution in [0, 0.1) is 0 Å². The average Bonchev–Trinajstić information content (AvgIpc) is 3.17. The normalized spacial score (nSPS) is 11.2. The summed E-state index contributed by atoms with van der Waals surface area (Å²) in [4.78, 5) is 25.4. The van der Waals surface area contributed by atoms with Crippen molar-refractivity contribution in [3.8, 4) is 0 Å². The van der Waals surface area contributed by atoms with Crippen molar-refractivity contribution in [3.63, 3.8) is 0 Å². The van der Waals surface area contributed by atoms with Gasteiger partial charge in [0.2, 0.25) is 5.91 Å². The van der Waals surface area contributed by atoms with Crippen LogP contribution in [0.2, 0.25) is 0 Å². The lowest BCUT2D eigenvalue weighted by Gasteiger charge is -2.13. The van der Waals surface area contributed by atoms with E-state index in [-0.39, 0.29) is 12.4 Å². The van der Waals surface area contributed by atoms with Gasteiger partial charge < -0.3 is 15.4 Å². The lowest BCUT2D eigenvalue weighted by Crippen LogP contribution is -2.11. The first-order chi connectivity index (χ1) is 16.1. The fraction of sp³-hybridized carbons (Fsp3) is 0.0714. The fourth-order valence-corrected chi connectivity index (χ4v) is 4.46. The number of nitrogens with two attached hydrogens (primary N) is 1. The van der Waals surface area contributed by atoms with Gasteiger partial charge in [0.05, 0.1) is 12.1 Å². The van der Waals surface area contributed by atoms with E-state index in [1.165, 1.54) is 0 Å². The lowest BCUT2D eigenvalue weighted by molar-refractivity contribution is 0.1000. The summed E-state index contributed by atoms with van der Waals surface area (Å²) >= 11 is 0. The highest BCUT2D eigenvalue weighted by Crippen LogP contribution is 2.33. The molecule has 0 spiro atoms. The summed E-state index contributed by atoms with van der Waals surface area (Å²) in [5, 5.41) is 11.4. The zero-order valence-corrected chi connectivity index (χ0v) is 17.9. The number of nitrogens with zero attached hydrogens (tertiary/aromatic N) is 1. The molecule has 0 saturated heterocycles. The van der Waals surface area contributed by atoms with Crippen molar-refractivity contribution in [3.05, 3.63) is 119 Å². The Labute approximate surface area is 190 Å². The van der Waals surface area contributed by atoms with Crippen molar-refractivity contribution in [2.45, 2.75) is 13.2 Å². The molecule has 1 amide bonds. The van der Waals surface area contributed by atoms with Crippen LogP contribution in [0.5, 0.6) is 0 Å². The molecule has 5 rings (SSSR count). The monoisotopic (exact) mass is 434 g/mol. The molecule has 0 radical (unpaired) electrons. The second-order valence-electron chi connectivity index (χ2n) is 8.01. The van der Waals surface area contributed by atoms with Gasteiger partial charge in [-0.05, 0) is 29.3 Å². The molecule has 162 valence electrons. The topological polar surface area (TPSA) is 85.3 Å². The molecule has 0 fully saturated rings. The first-order valence-corrected chi connectivity index (χ1v) is 10.7. The first-order valence-electron chi connectivity index (χ1n) is 10.7. The Bertz CT molecular complexity index is 1520. The number of hydrogen-bond acceptors (Lipinski definition) is 3. The maximum atomic E-state index is 13.3.